The molecule has 0 heterocycles. The highest BCUT2D eigenvalue weighted by Crippen LogP contribution is 2.23. The zero-order chi connectivity index (χ0) is 13.7. The lowest BCUT2D eigenvalue weighted by Gasteiger charge is -2.03. The van der Waals surface area contributed by atoms with Gasteiger partial charge in [0.05, 0.1) is 11.6 Å². The van der Waals surface area contributed by atoms with E-state index in [-0.39, 0.29) is 0 Å². The van der Waals surface area contributed by atoms with Crippen LogP contribution in [-0.2, 0) is 6.54 Å². The van der Waals surface area contributed by atoms with Crippen molar-refractivity contribution in [2.75, 3.05) is 0 Å². The van der Waals surface area contributed by atoms with Crippen LogP contribution >= 0.6 is 15.9 Å². The third kappa shape index (κ3) is 3.31. The lowest BCUT2D eigenvalue weighted by Crippen LogP contribution is -1.95. The summed E-state index contributed by atoms with van der Waals surface area (Å²) < 4.78 is 0.973. The van der Waals surface area contributed by atoms with Crippen LogP contribution < -0.4 is 5.73 Å². The van der Waals surface area contributed by atoms with E-state index < -0.39 is 0 Å². The van der Waals surface area contributed by atoms with Crippen molar-refractivity contribution in [1.29, 1.82) is 5.26 Å². The summed E-state index contributed by atoms with van der Waals surface area (Å²) in [5, 5.41) is 9.30. The van der Waals surface area contributed by atoms with Gasteiger partial charge in [-0.25, -0.2) is 0 Å². The number of benzene rings is 2. The zero-order valence-electron chi connectivity index (χ0n) is 10.3. The number of rotatable bonds is 3. The number of halogens is 1. The van der Waals surface area contributed by atoms with E-state index in [2.05, 4.69) is 22.0 Å². The Balaban J connectivity index is 2.40. The van der Waals surface area contributed by atoms with Gasteiger partial charge in [0, 0.05) is 11.0 Å². The van der Waals surface area contributed by atoms with Crippen molar-refractivity contribution in [2.45, 2.75) is 6.54 Å². The molecule has 0 aliphatic carbocycles. The van der Waals surface area contributed by atoms with Crippen molar-refractivity contribution >= 4 is 27.6 Å². The predicted octanol–water partition coefficient (Wildman–Crippen LogP) is 3.97. The van der Waals surface area contributed by atoms with Crippen LogP contribution in [-0.4, -0.2) is 0 Å². The van der Waals surface area contributed by atoms with Gasteiger partial charge in [0.2, 0.25) is 0 Å². The number of nitriles is 1. The Morgan fingerprint density at radius 2 is 1.84 bits per heavy atom. The minimum absolute atomic E-state index is 0.510. The highest BCUT2D eigenvalue weighted by atomic mass is 79.9. The van der Waals surface area contributed by atoms with Crippen LogP contribution in [0.15, 0.2) is 53.0 Å². The van der Waals surface area contributed by atoms with E-state index in [0.717, 1.165) is 21.2 Å². The number of nitrogens with two attached hydrogens (primary N) is 1. The molecular weight excluding hydrogens is 300 g/mol. The van der Waals surface area contributed by atoms with E-state index in [1.54, 1.807) is 0 Å². The molecule has 0 aliphatic rings. The second-order valence-corrected chi connectivity index (χ2v) is 4.95. The first-order valence-corrected chi connectivity index (χ1v) is 6.69. The highest BCUT2D eigenvalue weighted by molar-refractivity contribution is 9.10. The number of allylic oxidation sites excluding steroid dienone is 1. The first-order valence-electron chi connectivity index (χ1n) is 5.90. The molecule has 0 aliphatic heterocycles. The maximum atomic E-state index is 9.30. The fraction of sp³-hybridized carbons (Fsp3) is 0.0625. The van der Waals surface area contributed by atoms with Gasteiger partial charge in [-0.2, -0.15) is 5.26 Å². The normalized spacial score (nSPS) is 11.1. The molecule has 0 bridgehead atoms. The van der Waals surface area contributed by atoms with Gasteiger partial charge in [-0.05, 0) is 28.8 Å². The van der Waals surface area contributed by atoms with Crippen LogP contribution in [0.1, 0.15) is 16.7 Å². The van der Waals surface area contributed by atoms with Crippen LogP contribution in [0.2, 0.25) is 0 Å². The quantitative estimate of drug-likeness (QED) is 0.688. The minimum atomic E-state index is 0.510. The van der Waals surface area contributed by atoms with Gasteiger partial charge in [0.1, 0.15) is 0 Å². The molecule has 3 heteroatoms. The summed E-state index contributed by atoms with van der Waals surface area (Å²) in [7, 11) is 0. The molecule has 2 aromatic carbocycles. The Labute approximate surface area is 121 Å². The van der Waals surface area contributed by atoms with Gasteiger partial charge in [-0.15, -0.1) is 0 Å². The lowest BCUT2D eigenvalue weighted by atomic mass is 10.0. The van der Waals surface area contributed by atoms with Gasteiger partial charge < -0.3 is 5.73 Å². The Bertz CT molecular complexity index is 637. The van der Waals surface area contributed by atoms with Gasteiger partial charge >= 0.3 is 0 Å². The molecule has 0 unspecified atom stereocenters. The smallest absolute Gasteiger partial charge is 0.0998 e. The summed E-state index contributed by atoms with van der Waals surface area (Å²) in [5.74, 6) is 0. The molecule has 2 rings (SSSR count). The monoisotopic (exact) mass is 312 g/mol. The molecule has 94 valence electrons. The van der Waals surface area contributed by atoms with Crippen molar-refractivity contribution in [3.05, 3.63) is 69.7 Å². The standard InChI is InChI=1S/C16H13BrN2/c17-16-4-2-1-3-14(16)9-15(11-19)13-7-5-12(10-18)6-8-13/h1-9H,10,18H2/b15-9+. The van der Waals surface area contributed by atoms with E-state index in [9.17, 15) is 5.26 Å². The van der Waals surface area contributed by atoms with Gasteiger partial charge in [0.25, 0.3) is 0 Å². The van der Waals surface area contributed by atoms with Crippen molar-refractivity contribution < 1.29 is 0 Å². The molecule has 19 heavy (non-hydrogen) atoms. The second kappa shape index (κ2) is 6.33. The number of hydrogen-bond donors (Lipinski definition) is 1. The average molecular weight is 313 g/mol. The van der Waals surface area contributed by atoms with Crippen LogP contribution in [0, 0.1) is 11.3 Å². The maximum Gasteiger partial charge on any atom is 0.0998 e. The summed E-state index contributed by atoms with van der Waals surface area (Å²) in [5.41, 5.74) is 9.14. The van der Waals surface area contributed by atoms with Crippen LogP contribution in [0.5, 0.6) is 0 Å². The summed E-state index contributed by atoms with van der Waals surface area (Å²) in [6.45, 7) is 0.510. The highest BCUT2D eigenvalue weighted by Gasteiger charge is 2.03. The van der Waals surface area contributed by atoms with Gasteiger partial charge in [-0.3, -0.25) is 0 Å². The second-order valence-electron chi connectivity index (χ2n) is 4.09. The average Bonchev–Trinajstić information content (AvgIpc) is 2.47. The fourth-order valence-electron chi connectivity index (χ4n) is 1.75. The van der Waals surface area contributed by atoms with Crippen molar-refractivity contribution in [2.24, 2.45) is 5.73 Å². The van der Waals surface area contributed by atoms with Crippen molar-refractivity contribution in [3.8, 4) is 6.07 Å². The summed E-state index contributed by atoms with van der Waals surface area (Å²) in [6, 6.07) is 17.8. The molecule has 2 nitrogen and oxygen atoms in total. The first kappa shape index (κ1) is 13.5. The maximum absolute atomic E-state index is 9.30. The van der Waals surface area contributed by atoms with Crippen LogP contribution in [0.25, 0.3) is 11.6 Å². The zero-order valence-corrected chi connectivity index (χ0v) is 11.9. The molecule has 2 aromatic rings. The molecule has 0 atom stereocenters. The minimum Gasteiger partial charge on any atom is -0.326 e. The SMILES string of the molecule is N#C/C(=C\c1ccccc1Br)c1ccc(CN)cc1. The molecule has 0 saturated carbocycles. The number of hydrogen-bond acceptors (Lipinski definition) is 2. The van der Waals surface area contributed by atoms with Crippen molar-refractivity contribution in [1.82, 2.24) is 0 Å². The molecule has 0 aromatic heterocycles. The lowest BCUT2D eigenvalue weighted by molar-refractivity contribution is 1.07. The van der Waals surface area contributed by atoms with Crippen LogP contribution in [0.4, 0.5) is 0 Å². The summed E-state index contributed by atoms with van der Waals surface area (Å²) in [4.78, 5) is 0. The molecule has 0 radical (unpaired) electrons. The van der Waals surface area contributed by atoms with Gasteiger partial charge in [-0.1, -0.05) is 58.4 Å². The largest absolute Gasteiger partial charge is 0.326 e. The third-order valence-corrected chi connectivity index (χ3v) is 3.55. The fourth-order valence-corrected chi connectivity index (χ4v) is 2.15. The summed E-state index contributed by atoms with van der Waals surface area (Å²) >= 11 is 3.48. The Morgan fingerprint density at radius 1 is 1.16 bits per heavy atom. The van der Waals surface area contributed by atoms with E-state index >= 15 is 0 Å². The summed E-state index contributed by atoms with van der Waals surface area (Å²) in [6.07, 6.45) is 1.88. The van der Waals surface area contributed by atoms with E-state index in [1.165, 1.54) is 0 Å². The van der Waals surface area contributed by atoms with E-state index in [1.807, 2.05) is 54.6 Å². The molecular formula is C16H13BrN2. The molecule has 0 spiro atoms. The third-order valence-electron chi connectivity index (χ3n) is 2.83. The topological polar surface area (TPSA) is 49.8 Å². The molecule has 0 fully saturated rings. The Morgan fingerprint density at radius 3 is 2.42 bits per heavy atom. The molecule has 0 saturated heterocycles. The van der Waals surface area contributed by atoms with E-state index in [0.29, 0.717) is 12.1 Å². The Kier molecular flexibility index (Phi) is 4.51. The van der Waals surface area contributed by atoms with Crippen molar-refractivity contribution in [3.63, 3.8) is 0 Å². The molecule has 2 N–H and O–H groups in total. The van der Waals surface area contributed by atoms with Crippen LogP contribution in [0.3, 0.4) is 0 Å². The van der Waals surface area contributed by atoms with Gasteiger partial charge in [0.15, 0.2) is 0 Å². The van der Waals surface area contributed by atoms with E-state index in [4.69, 9.17) is 5.73 Å². The molecule has 0 amide bonds. The predicted molar refractivity (Wildman–Crippen MR) is 82.0 cm³/mol. The Hall–Kier alpha value is -1.89. The first-order chi connectivity index (χ1) is 9.24. The number of nitrogens with zero attached hydrogens (tertiary/aromatic N) is 1.